The maximum Gasteiger partial charge on any atom is 0.408 e. The van der Waals surface area contributed by atoms with Gasteiger partial charge in [-0.25, -0.2) is 14.6 Å². The number of carbonyl (C=O) groups excluding carboxylic acids is 6. The van der Waals surface area contributed by atoms with Crippen molar-refractivity contribution in [3.05, 3.63) is 89.4 Å². The second-order valence-corrected chi connectivity index (χ2v) is 28.2. The fraction of sp³-hybridized carbons (Fsp3) is 0.558. The quantitative estimate of drug-likeness (QED) is 0.0209. The topological polar surface area (TPSA) is 218 Å². The van der Waals surface area contributed by atoms with Crippen molar-refractivity contribution < 1.29 is 57.2 Å². The Bertz CT molecular complexity index is 2270. The predicted octanol–water partition coefficient (Wildman–Crippen LogP) is 7.87. The molecule has 72 heavy (non-hydrogen) atoms. The van der Waals surface area contributed by atoms with E-state index >= 15 is 0 Å². The van der Waals surface area contributed by atoms with Crippen LogP contribution in [0, 0.1) is 11.3 Å². The summed E-state index contributed by atoms with van der Waals surface area (Å²) in [5.74, 6) is -4.76. The van der Waals surface area contributed by atoms with E-state index in [1.54, 1.807) is 27.7 Å². The maximum absolute atomic E-state index is 14.5. The average Bonchev–Trinajstić information content (AvgIpc) is 3.76. The number of benzene rings is 2. The van der Waals surface area contributed by atoms with E-state index in [-0.39, 0.29) is 37.5 Å². The Morgan fingerprint density at radius 2 is 1.40 bits per heavy atom. The molecular formula is C52H74Cl2N4O12SSi. The van der Waals surface area contributed by atoms with Crippen molar-refractivity contribution in [2.24, 2.45) is 11.3 Å². The summed E-state index contributed by atoms with van der Waals surface area (Å²) in [6, 6.07) is 17.0. The summed E-state index contributed by atoms with van der Waals surface area (Å²) in [7, 11) is -3.34. The lowest BCUT2D eigenvalue weighted by atomic mass is 9.83. The zero-order valence-electron chi connectivity index (χ0n) is 43.8. The molecule has 0 fully saturated rings. The Kier molecular flexibility index (Phi) is 22.1. The summed E-state index contributed by atoms with van der Waals surface area (Å²) in [6.45, 7) is 24.5. The van der Waals surface area contributed by atoms with Crippen LogP contribution in [0.25, 0.3) is 0 Å². The molecule has 3 aromatic rings. The summed E-state index contributed by atoms with van der Waals surface area (Å²) in [5, 5.41) is 22.6. The molecule has 1 heterocycles. The van der Waals surface area contributed by atoms with Crippen LogP contribution in [0.3, 0.4) is 0 Å². The number of alkyl halides is 2. The molecule has 3 rings (SSSR count). The second-order valence-electron chi connectivity index (χ2n) is 21.2. The zero-order chi connectivity index (χ0) is 54.5. The lowest BCUT2D eigenvalue weighted by Gasteiger charge is -2.43. The minimum Gasteiger partial charge on any atom is -0.460 e. The number of nitrogens with zero attached hydrogens (tertiary/aromatic N) is 1. The molecule has 1 aromatic heterocycles. The number of carbonyl (C=O) groups is 6. The third-order valence-electron chi connectivity index (χ3n) is 11.4. The van der Waals surface area contributed by atoms with Crippen molar-refractivity contribution in [2.75, 3.05) is 19.8 Å². The highest BCUT2D eigenvalue weighted by molar-refractivity contribution is 7.10. The molecule has 0 aliphatic carbocycles. The zero-order valence-corrected chi connectivity index (χ0v) is 47.1. The largest absolute Gasteiger partial charge is 0.460 e. The molecular weight excluding hydrogens is 1000 g/mol. The Morgan fingerprint density at radius 1 is 0.833 bits per heavy atom. The Balaban J connectivity index is 2.01. The van der Waals surface area contributed by atoms with Gasteiger partial charge in [-0.3, -0.25) is 19.2 Å². The third-order valence-corrected chi connectivity index (χ3v) is 17.7. The van der Waals surface area contributed by atoms with Crippen molar-refractivity contribution in [3.63, 3.8) is 0 Å². The Labute approximate surface area is 439 Å². The lowest BCUT2D eigenvalue weighted by Crippen LogP contribution is -2.68. The van der Waals surface area contributed by atoms with Crippen molar-refractivity contribution in [3.8, 4) is 0 Å². The van der Waals surface area contributed by atoms with Gasteiger partial charge in [-0.05, 0) is 96.0 Å². The molecule has 16 nitrogen and oxygen atoms in total. The van der Waals surface area contributed by atoms with Crippen LogP contribution in [0.5, 0.6) is 0 Å². The number of hydrogen-bond donors (Lipinski definition) is 4. The SMILES string of the molecule is C=CCOC(=O)CNC(=O)[C@@H](CO[Si](c1ccccc1)(c1ccccc1)C(C)(C)C)NC(=O)[C@@H](OC(=O)C(C)(C)[C@H](CCCC(C)(Cl)Cl)OC(=O)c1csc([C@@H](NC(=O)OC(C)(C)C)C(C)C)n1)C(C)(C)O. The van der Waals surface area contributed by atoms with Crippen molar-refractivity contribution in [1.29, 1.82) is 0 Å². The van der Waals surface area contributed by atoms with E-state index < -0.39 is 108 Å². The number of aliphatic hydroxyl groups is 1. The van der Waals surface area contributed by atoms with Gasteiger partial charge in [0.05, 0.1) is 18.1 Å². The highest BCUT2D eigenvalue weighted by Crippen LogP contribution is 2.38. The standard InChI is InChI=1S/C52H74Cl2N4O12SSi/c1-15-29-66-39(59)30-55-42(60)36(31-67-72(49(7,8)9,34-23-18-16-19-24-34)35-25-20-17-21-26-35)56-43(61)41(51(12,13)65)69-46(63)50(10,11)38(27-22-28-52(14,53)54)68-45(62)37-32-71-44(57-37)40(33(2)3)58-47(64)70-48(4,5)6/h15-21,23-26,32-33,36,38,40-41,65H,1,22,27-31H2,2-14H3,(H,55,60)(H,56,61)(H,58,64)/t36-,38+,40+,41-/m1/s1. The number of alkyl carbamates (subject to hydrolysis) is 1. The van der Waals surface area contributed by atoms with Gasteiger partial charge in [0.2, 0.25) is 12.0 Å². The van der Waals surface area contributed by atoms with Crippen LogP contribution >= 0.6 is 34.5 Å². The van der Waals surface area contributed by atoms with E-state index in [1.165, 1.54) is 39.2 Å². The molecule has 4 N–H and O–H groups in total. The van der Waals surface area contributed by atoms with E-state index in [2.05, 4.69) is 27.5 Å². The van der Waals surface area contributed by atoms with Gasteiger partial charge in [0.1, 0.15) is 45.8 Å². The number of rotatable bonds is 25. The Morgan fingerprint density at radius 3 is 1.89 bits per heavy atom. The molecule has 0 unspecified atom stereocenters. The third kappa shape index (κ3) is 18.0. The van der Waals surface area contributed by atoms with Gasteiger partial charge >= 0.3 is 24.0 Å². The normalized spacial score (nSPS) is 14.2. The van der Waals surface area contributed by atoms with Crippen LogP contribution in [0.15, 0.2) is 78.7 Å². The van der Waals surface area contributed by atoms with Gasteiger partial charge in [0, 0.05) is 5.38 Å². The van der Waals surface area contributed by atoms with E-state index in [4.69, 9.17) is 46.6 Å². The number of esters is 3. The number of ether oxygens (including phenoxy) is 4. The molecule has 0 saturated heterocycles. The molecule has 0 aliphatic heterocycles. The average molecular weight is 1080 g/mol. The molecule has 0 aliphatic rings. The number of thiazole rings is 1. The van der Waals surface area contributed by atoms with Crippen molar-refractivity contribution in [1.82, 2.24) is 20.9 Å². The molecule has 2 aromatic carbocycles. The number of nitrogens with one attached hydrogen (secondary N) is 3. The highest BCUT2D eigenvalue weighted by atomic mass is 35.5. The number of hydrogen-bond acceptors (Lipinski definition) is 14. The first-order valence-corrected chi connectivity index (χ1v) is 27.3. The molecule has 398 valence electrons. The molecule has 0 radical (unpaired) electrons. The van der Waals surface area contributed by atoms with E-state index in [1.807, 2.05) is 95.3 Å². The van der Waals surface area contributed by atoms with Gasteiger partial charge in [0.15, 0.2) is 5.69 Å². The van der Waals surface area contributed by atoms with Crippen LogP contribution < -0.4 is 26.3 Å². The number of aromatic nitrogens is 1. The molecule has 20 heteroatoms. The van der Waals surface area contributed by atoms with E-state index in [0.717, 1.165) is 21.7 Å². The van der Waals surface area contributed by atoms with Crippen molar-refractivity contribution in [2.45, 2.75) is 154 Å². The summed E-state index contributed by atoms with van der Waals surface area (Å²) in [4.78, 5) is 86.8. The summed E-state index contributed by atoms with van der Waals surface area (Å²) in [6.07, 6.45) is -1.92. The maximum atomic E-state index is 14.5. The lowest BCUT2D eigenvalue weighted by molar-refractivity contribution is -0.183. The molecule has 0 saturated carbocycles. The number of halogens is 2. The fourth-order valence-corrected chi connectivity index (χ4v) is 13.5. The van der Waals surface area contributed by atoms with Gasteiger partial charge < -0.3 is 44.4 Å². The summed E-state index contributed by atoms with van der Waals surface area (Å²) in [5.41, 5.74) is -4.61. The van der Waals surface area contributed by atoms with Crippen LogP contribution in [0.2, 0.25) is 5.04 Å². The monoisotopic (exact) mass is 1080 g/mol. The summed E-state index contributed by atoms with van der Waals surface area (Å²) >= 11 is 13.8. The van der Waals surface area contributed by atoms with Crippen LogP contribution in [-0.2, 0) is 42.6 Å². The van der Waals surface area contributed by atoms with Crippen LogP contribution in [0.1, 0.15) is 131 Å². The van der Waals surface area contributed by atoms with E-state index in [0.29, 0.717) is 5.01 Å². The van der Waals surface area contributed by atoms with Gasteiger partial charge in [-0.15, -0.1) is 34.5 Å². The Hall–Kier alpha value is -4.85. The van der Waals surface area contributed by atoms with Crippen LogP contribution in [-0.4, -0.2) is 108 Å². The van der Waals surface area contributed by atoms with E-state index in [9.17, 15) is 33.9 Å². The van der Waals surface area contributed by atoms with Gasteiger partial charge in [0.25, 0.3) is 14.2 Å². The molecule has 3 amide bonds. The predicted molar refractivity (Wildman–Crippen MR) is 282 cm³/mol. The van der Waals surface area contributed by atoms with Crippen molar-refractivity contribution >= 4 is 89.0 Å². The molecule has 4 atom stereocenters. The second kappa shape index (κ2) is 25.9. The highest BCUT2D eigenvalue weighted by Gasteiger charge is 2.51. The summed E-state index contributed by atoms with van der Waals surface area (Å²) < 4.78 is 28.3. The smallest absolute Gasteiger partial charge is 0.408 e. The first-order valence-electron chi connectivity index (χ1n) is 23.8. The minimum atomic E-state index is -3.34. The van der Waals surface area contributed by atoms with Gasteiger partial charge in [-0.2, -0.15) is 0 Å². The first kappa shape index (κ1) is 61.4. The van der Waals surface area contributed by atoms with Gasteiger partial charge in [-0.1, -0.05) is 108 Å². The number of amides is 3. The van der Waals surface area contributed by atoms with Crippen LogP contribution in [0.4, 0.5) is 4.79 Å². The molecule has 0 bridgehead atoms. The minimum absolute atomic E-state index is 0.0468. The first-order chi connectivity index (χ1) is 33.2. The fourth-order valence-electron chi connectivity index (χ4n) is 7.62. The molecule has 0 spiro atoms.